The summed E-state index contributed by atoms with van der Waals surface area (Å²) in [6, 6.07) is 1.92. The maximum Gasteiger partial charge on any atom is 0.255 e. The van der Waals surface area contributed by atoms with Gasteiger partial charge in [-0.15, -0.1) is 10.2 Å². The molecule has 4 heterocycles. The zero-order valence-corrected chi connectivity index (χ0v) is 14.4. The Hall–Kier alpha value is -2.81. The van der Waals surface area contributed by atoms with E-state index in [1.807, 2.05) is 20.0 Å². The Morgan fingerprint density at radius 3 is 3.00 bits per heavy atom. The Balaban J connectivity index is 1.63. The molecule has 3 aromatic heterocycles. The molecule has 9 heteroatoms. The highest BCUT2D eigenvalue weighted by atomic mass is 16.5. The number of hydrogen-bond acceptors (Lipinski definition) is 6. The highest BCUT2D eigenvalue weighted by Crippen LogP contribution is 2.24. The third-order valence-corrected chi connectivity index (χ3v) is 4.50. The lowest BCUT2D eigenvalue weighted by molar-refractivity contribution is 0.0674. The number of ether oxygens (including phenoxy) is 1. The molecule has 0 saturated heterocycles. The number of fused-ring (bicyclic) bond motifs is 2. The molecule has 0 fully saturated rings. The number of amides is 1. The summed E-state index contributed by atoms with van der Waals surface area (Å²) in [5, 5.41) is 12.6. The molecule has 0 aliphatic carbocycles. The maximum absolute atomic E-state index is 12.9. The van der Waals surface area contributed by atoms with Crippen molar-refractivity contribution in [2.24, 2.45) is 7.05 Å². The predicted molar refractivity (Wildman–Crippen MR) is 88.7 cm³/mol. The maximum atomic E-state index is 12.9. The van der Waals surface area contributed by atoms with Crippen molar-refractivity contribution in [3.63, 3.8) is 0 Å². The molecule has 9 nitrogen and oxygen atoms in total. The molecule has 0 spiro atoms. The second-order valence-electron chi connectivity index (χ2n) is 6.27. The van der Waals surface area contributed by atoms with E-state index in [0.29, 0.717) is 25.3 Å². The van der Waals surface area contributed by atoms with E-state index in [2.05, 4.69) is 24.8 Å². The van der Waals surface area contributed by atoms with Crippen molar-refractivity contribution >= 4 is 16.9 Å². The van der Waals surface area contributed by atoms with E-state index in [0.717, 1.165) is 22.7 Å². The second-order valence-corrected chi connectivity index (χ2v) is 6.27. The van der Waals surface area contributed by atoms with Crippen LogP contribution in [0.5, 0.6) is 0 Å². The predicted octanol–water partition coefficient (Wildman–Crippen LogP) is 0.923. The van der Waals surface area contributed by atoms with Crippen LogP contribution in [0.3, 0.4) is 0 Å². The molecule has 3 aromatic rings. The van der Waals surface area contributed by atoms with Gasteiger partial charge in [-0.25, -0.2) is 0 Å². The van der Waals surface area contributed by atoms with E-state index in [1.165, 1.54) is 0 Å². The van der Waals surface area contributed by atoms with E-state index in [-0.39, 0.29) is 11.9 Å². The van der Waals surface area contributed by atoms with E-state index < -0.39 is 0 Å². The molecule has 1 aliphatic heterocycles. The SMILES string of the molecule is COCc1nnc2n1[C@@H](C)CN(C(=O)c1cnc3cnn(C)c3c1)C2. The van der Waals surface area contributed by atoms with Crippen LogP contribution in [-0.4, -0.2) is 54.0 Å². The van der Waals surface area contributed by atoms with Gasteiger partial charge in [0.15, 0.2) is 11.6 Å². The highest BCUT2D eigenvalue weighted by Gasteiger charge is 2.29. The van der Waals surface area contributed by atoms with Crippen molar-refractivity contribution in [1.29, 1.82) is 0 Å². The van der Waals surface area contributed by atoms with Gasteiger partial charge >= 0.3 is 0 Å². The van der Waals surface area contributed by atoms with Crippen molar-refractivity contribution in [1.82, 2.24) is 34.4 Å². The number of aromatic nitrogens is 6. The molecule has 0 saturated carbocycles. The lowest BCUT2D eigenvalue weighted by Crippen LogP contribution is -2.40. The first-order valence-corrected chi connectivity index (χ1v) is 8.07. The molecule has 1 atom stereocenters. The van der Waals surface area contributed by atoms with Crippen LogP contribution in [0.1, 0.15) is 35.0 Å². The number of methoxy groups -OCH3 is 1. The zero-order valence-electron chi connectivity index (χ0n) is 14.4. The number of nitrogens with zero attached hydrogens (tertiary/aromatic N) is 7. The molecule has 25 heavy (non-hydrogen) atoms. The summed E-state index contributed by atoms with van der Waals surface area (Å²) in [4.78, 5) is 19.0. The molecular weight excluding hydrogens is 322 g/mol. The smallest absolute Gasteiger partial charge is 0.255 e. The van der Waals surface area contributed by atoms with Gasteiger partial charge in [0.1, 0.15) is 12.1 Å². The van der Waals surface area contributed by atoms with Crippen molar-refractivity contribution in [3.05, 3.63) is 35.7 Å². The Morgan fingerprint density at radius 2 is 2.20 bits per heavy atom. The van der Waals surface area contributed by atoms with Gasteiger partial charge in [-0.1, -0.05) is 0 Å². The minimum absolute atomic E-state index is 0.0648. The molecule has 0 N–H and O–H groups in total. The van der Waals surface area contributed by atoms with E-state index in [4.69, 9.17) is 4.74 Å². The summed E-state index contributed by atoms with van der Waals surface area (Å²) < 4.78 is 8.93. The highest BCUT2D eigenvalue weighted by molar-refractivity contribution is 5.96. The molecule has 130 valence electrons. The first-order chi connectivity index (χ1) is 12.1. The Morgan fingerprint density at radius 1 is 1.36 bits per heavy atom. The van der Waals surface area contributed by atoms with Crippen LogP contribution >= 0.6 is 0 Å². The minimum atomic E-state index is -0.0648. The second kappa shape index (κ2) is 5.92. The fraction of sp³-hybridized carbons (Fsp3) is 0.438. The van der Waals surface area contributed by atoms with Gasteiger partial charge < -0.3 is 14.2 Å². The van der Waals surface area contributed by atoms with Gasteiger partial charge in [-0.05, 0) is 13.0 Å². The molecule has 0 bridgehead atoms. The standard InChI is InChI=1S/C16H19N7O2/c1-10-7-22(8-14-19-20-15(9-25-3)23(10)14)16(24)11-4-13-12(17-5-11)6-18-21(13)2/h4-6,10H,7-9H2,1-3H3/t10-/m0/s1. The van der Waals surface area contributed by atoms with Crippen molar-refractivity contribution < 1.29 is 9.53 Å². The summed E-state index contributed by atoms with van der Waals surface area (Å²) in [6.07, 6.45) is 3.29. The fourth-order valence-corrected chi connectivity index (χ4v) is 3.32. The molecule has 4 rings (SSSR count). The Kier molecular flexibility index (Phi) is 3.72. The van der Waals surface area contributed by atoms with Crippen LogP contribution < -0.4 is 0 Å². The number of hydrogen-bond donors (Lipinski definition) is 0. The van der Waals surface area contributed by atoms with Crippen LogP contribution in [0.15, 0.2) is 18.5 Å². The minimum Gasteiger partial charge on any atom is -0.377 e. The number of carbonyl (C=O) groups excluding carboxylic acids is 1. The quantitative estimate of drug-likeness (QED) is 0.704. The summed E-state index contributed by atoms with van der Waals surface area (Å²) >= 11 is 0. The van der Waals surface area contributed by atoms with Crippen LogP contribution in [0, 0.1) is 0 Å². The number of carbonyl (C=O) groups is 1. The first-order valence-electron chi connectivity index (χ1n) is 8.07. The third kappa shape index (κ3) is 2.56. The van der Waals surface area contributed by atoms with Crippen LogP contribution in [0.25, 0.3) is 11.0 Å². The van der Waals surface area contributed by atoms with Gasteiger partial charge in [0.2, 0.25) is 0 Å². The average Bonchev–Trinajstić information content (AvgIpc) is 3.19. The molecule has 0 aromatic carbocycles. The fourth-order valence-electron chi connectivity index (χ4n) is 3.32. The zero-order chi connectivity index (χ0) is 17.6. The molecule has 0 unspecified atom stereocenters. The Bertz CT molecular complexity index is 945. The first kappa shape index (κ1) is 15.7. The van der Waals surface area contributed by atoms with E-state index in [1.54, 1.807) is 29.1 Å². The van der Waals surface area contributed by atoms with Crippen molar-refractivity contribution in [2.75, 3.05) is 13.7 Å². The monoisotopic (exact) mass is 341 g/mol. The summed E-state index contributed by atoms with van der Waals surface area (Å²) in [5.74, 6) is 1.49. The van der Waals surface area contributed by atoms with Crippen molar-refractivity contribution in [3.8, 4) is 0 Å². The van der Waals surface area contributed by atoms with Gasteiger partial charge in [0.25, 0.3) is 5.91 Å². The Labute approximate surface area is 144 Å². The van der Waals surface area contributed by atoms with E-state index >= 15 is 0 Å². The summed E-state index contributed by atoms with van der Waals surface area (Å²) in [5.41, 5.74) is 2.16. The molecule has 0 radical (unpaired) electrons. The normalized spacial score (nSPS) is 17.1. The lowest BCUT2D eigenvalue weighted by Gasteiger charge is -2.32. The lowest BCUT2D eigenvalue weighted by atomic mass is 10.1. The molecule has 1 aliphatic rings. The summed E-state index contributed by atoms with van der Waals surface area (Å²) in [6.45, 7) is 3.47. The van der Waals surface area contributed by atoms with Gasteiger partial charge in [-0.3, -0.25) is 14.5 Å². The van der Waals surface area contributed by atoms with Crippen LogP contribution in [-0.2, 0) is 24.9 Å². The van der Waals surface area contributed by atoms with Crippen LogP contribution in [0.2, 0.25) is 0 Å². The van der Waals surface area contributed by atoms with Crippen LogP contribution in [0.4, 0.5) is 0 Å². The van der Waals surface area contributed by atoms with Gasteiger partial charge in [0.05, 0.1) is 29.9 Å². The third-order valence-electron chi connectivity index (χ3n) is 4.50. The van der Waals surface area contributed by atoms with E-state index in [9.17, 15) is 4.79 Å². The number of aryl methyl sites for hydroxylation is 1. The largest absolute Gasteiger partial charge is 0.377 e. The van der Waals surface area contributed by atoms with Gasteiger partial charge in [0, 0.05) is 26.9 Å². The average molecular weight is 341 g/mol. The summed E-state index contributed by atoms with van der Waals surface area (Å²) in [7, 11) is 3.47. The number of rotatable bonds is 3. The molecule has 1 amide bonds. The van der Waals surface area contributed by atoms with Gasteiger partial charge in [-0.2, -0.15) is 5.10 Å². The van der Waals surface area contributed by atoms with Crippen molar-refractivity contribution in [2.45, 2.75) is 26.1 Å². The number of pyridine rings is 1. The molecular formula is C16H19N7O2. The topological polar surface area (TPSA) is 91.0 Å².